The minimum absolute atomic E-state index is 0. The number of rotatable bonds is 0. The van der Waals surface area contributed by atoms with Gasteiger partial charge in [-0.1, -0.05) is 0 Å². The maximum absolute atomic E-state index is 2.66. The molecule has 0 bridgehead atoms. The smallest absolute Gasteiger partial charge is 1.00 e. The third-order valence-electron chi connectivity index (χ3n) is 1.04. The molecule has 0 N–H and O–H groups in total. The SMILES string of the molecule is Cc1ccc[c]([Al+2])c1.[Br-].[Br-]. The molecule has 0 aliphatic carbocycles. The van der Waals surface area contributed by atoms with Gasteiger partial charge >= 0.3 is 57.5 Å². The summed E-state index contributed by atoms with van der Waals surface area (Å²) in [4.78, 5) is 0. The van der Waals surface area contributed by atoms with E-state index in [1.807, 2.05) is 0 Å². The van der Waals surface area contributed by atoms with Crippen LogP contribution in [0, 0.1) is 6.92 Å². The minimum Gasteiger partial charge on any atom is -1.00 e. The summed E-state index contributed by atoms with van der Waals surface area (Å²) in [6.45, 7) is 2.09. The summed E-state index contributed by atoms with van der Waals surface area (Å²) in [5, 5.41) is 0. The molecule has 0 aromatic heterocycles. The summed E-state index contributed by atoms with van der Waals surface area (Å²) in [6.07, 6.45) is 0. The molecule has 0 fully saturated rings. The predicted octanol–water partition coefficient (Wildman–Crippen LogP) is -5.20. The van der Waals surface area contributed by atoms with Gasteiger partial charge in [0.2, 0.25) is 0 Å². The summed E-state index contributed by atoms with van der Waals surface area (Å²) in [6, 6.07) is 8.34. The molecule has 1 rings (SSSR count). The maximum atomic E-state index is 2.66. The average molecular weight is 278 g/mol. The zero-order chi connectivity index (χ0) is 5.98. The van der Waals surface area contributed by atoms with Crippen LogP contribution in [0.15, 0.2) is 24.3 Å². The van der Waals surface area contributed by atoms with Crippen molar-refractivity contribution in [1.82, 2.24) is 0 Å². The Morgan fingerprint density at radius 3 is 2.10 bits per heavy atom. The molecular formula is C7H7AlBr2. The van der Waals surface area contributed by atoms with Crippen molar-refractivity contribution < 1.29 is 34.0 Å². The van der Waals surface area contributed by atoms with Crippen LogP contribution in [0.25, 0.3) is 0 Å². The van der Waals surface area contributed by atoms with E-state index in [4.69, 9.17) is 0 Å². The molecule has 1 aromatic carbocycles. The molecular weight excluding hydrogens is 271 g/mol. The second-order valence-electron chi connectivity index (χ2n) is 1.91. The van der Waals surface area contributed by atoms with Crippen molar-refractivity contribution in [1.29, 1.82) is 0 Å². The van der Waals surface area contributed by atoms with Gasteiger partial charge in [-0.2, -0.15) is 0 Å². The van der Waals surface area contributed by atoms with Crippen molar-refractivity contribution in [3.05, 3.63) is 29.8 Å². The van der Waals surface area contributed by atoms with Gasteiger partial charge in [0.25, 0.3) is 0 Å². The van der Waals surface area contributed by atoms with Crippen molar-refractivity contribution >= 4 is 20.7 Å². The van der Waals surface area contributed by atoms with Crippen molar-refractivity contribution in [2.75, 3.05) is 0 Å². The maximum Gasteiger partial charge on any atom is -1.00 e. The molecule has 0 heterocycles. The first-order chi connectivity index (χ1) is 3.79. The average Bonchev–Trinajstić information content (AvgIpc) is 1.64. The van der Waals surface area contributed by atoms with Crippen molar-refractivity contribution in [3.63, 3.8) is 0 Å². The van der Waals surface area contributed by atoms with Gasteiger partial charge in [-0.15, -0.1) is 0 Å². The number of hydrogen-bond acceptors (Lipinski definition) is 0. The zero-order valence-electron chi connectivity index (χ0n) is 5.64. The molecule has 0 spiro atoms. The van der Waals surface area contributed by atoms with Crippen LogP contribution in [0.5, 0.6) is 0 Å². The Bertz CT molecular complexity index is 171. The first-order valence-corrected chi connectivity index (χ1v) is 3.19. The van der Waals surface area contributed by atoms with Crippen LogP contribution in [0.1, 0.15) is 5.56 Å². The van der Waals surface area contributed by atoms with Crippen molar-refractivity contribution in [3.8, 4) is 0 Å². The number of aryl methyl sites for hydroxylation is 1. The van der Waals surface area contributed by atoms with Crippen molar-refractivity contribution in [2.24, 2.45) is 0 Å². The first kappa shape index (κ1) is 13.3. The molecule has 3 heteroatoms. The second kappa shape index (κ2) is 6.42. The van der Waals surface area contributed by atoms with E-state index in [0.29, 0.717) is 0 Å². The summed E-state index contributed by atoms with van der Waals surface area (Å²) >= 11 is 2.66. The largest absolute Gasteiger partial charge is 1.00 e. The molecule has 52 valence electrons. The van der Waals surface area contributed by atoms with Crippen LogP contribution < -0.4 is 38.4 Å². The first-order valence-electron chi connectivity index (χ1n) is 2.61. The number of benzene rings is 1. The van der Waals surface area contributed by atoms with Crippen molar-refractivity contribution in [2.45, 2.75) is 6.92 Å². The quantitative estimate of drug-likeness (QED) is 0.416. The topological polar surface area (TPSA) is 0 Å². The fourth-order valence-corrected chi connectivity index (χ4v) is 1.04. The molecule has 0 atom stereocenters. The van der Waals surface area contributed by atoms with Gasteiger partial charge in [0.05, 0.1) is 0 Å². The van der Waals surface area contributed by atoms with Gasteiger partial charge < -0.3 is 34.0 Å². The summed E-state index contributed by atoms with van der Waals surface area (Å²) in [7, 11) is 0. The van der Waals surface area contributed by atoms with Crippen LogP contribution in [0.3, 0.4) is 0 Å². The molecule has 1 aromatic rings. The van der Waals surface area contributed by atoms with E-state index in [9.17, 15) is 0 Å². The van der Waals surface area contributed by atoms with E-state index in [2.05, 4.69) is 47.5 Å². The van der Waals surface area contributed by atoms with Crippen LogP contribution >= 0.6 is 0 Å². The van der Waals surface area contributed by atoms with E-state index < -0.39 is 0 Å². The Labute approximate surface area is 91.0 Å². The predicted molar refractivity (Wildman–Crippen MR) is 36.6 cm³/mol. The Kier molecular flexibility index (Phi) is 8.55. The fraction of sp³-hybridized carbons (Fsp3) is 0.143. The molecule has 0 amide bonds. The standard InChI is InChI=1S/C7H7.Al.2BrH/c1-7-5-3-2-4-6-7;;;/h2-3,5-6H,1H3;;2*1H/q;+2;;/p-2. The van der Waals surface area contributed by atoms with Crippen LogP contribution in [0.2, 0.25) is 0 Å². The molecule has 0 saturated heterocycles. The van der Waals surface area contributed by atoms with Crippen LogP contribution in [0.4, 0.5) is 0 Å². The van der Waals surface area contributed by atoms with E-state index >= 15 is 0 Å². The monoisotopic (exact) mass is 276 g/mol. The second-order valence-corrected chi connectivity index (χ2v) is 2.58. The Morgan fingerprint density at radius 2 is 1.80 bits per heavy atom. The van der Waals surface area contributed by atoms with Crippen LogP contribution in [-0.4, -0.2) is 16.3 Å². The number of hydrogen-bond donors (Lipinski definition) is 0. The van der Waals surface area contributed by atoms with Gasteiger partial charge in [-0.05, 0) is 0 Å². The summed E-state index contributed by atoms with van der Waals surface area (Å²) in [5.41, 5.74) is 1.32. The van der Waals surface area contributed by atoms with Crippen LogP contribution in [-0.2, 0) is 0 Å². The Balaban J connectivity index is 0. The molecule has 0 saturated carbocycles. The van der Waals surface area contributed by atoms with Gasteiger partial charge in [-0.25, -0.2) is 0 Å². The minimum atomic E-state index is 0. The molecule has 0 radical (unpaired) electrons. The third kappa shape index (κ3) is 4.52. The van der Waals surface area contributed by atoms with Gasteiger partial charge in [0, 0.05) is 0 Å². The zero-order valence-corrected chi connectivity index (χ0v) is 9.97. The third-order valence-corrected chi connectivity index (χ3v) is 1.40. The fourth-order valence-electron chi connectivity index (χ4n) is 0.670. The summed E-state index contributed by atoms with van der Waals surface area (Å²) in [5.74, 6) is 0. The van der Waals surface area contributed by atoms with E-state index in [1.165, 1.54) is 9.99 Å². The molecule has 10 heavy (non-hydrogen) atoms. The van der Waals surface area contributed by atoms with E-state index in [0.717, 1.165) is 0 Å². The summed E-state index contributed by atoms with van der Waals surface area (Å²) < 4.78 is 1.25. The Hall–Kier alpha value is 0.712. The number of halogens is 2. The van der Waals surface area contributed by atoms with E-state index in [-0.39, 0.29) is 34.0 Å². The molecule has 0 aliphatic rings. The normalized spacial score (nSPS) is 7.50. The molecule has 0 nitrogen and oxygen atoms in total. The molecule has 0 unspecified atom stereocenters. The van der Waals surface area contributed by atoms with Gasteiger partial charge in [-0.3, -0.25) is 0 Å². The Morgan fingerprint density at radius 1 is 1.20 bits per heavy atom. The van der Waals surface area contributed by atoms with Gasteiger partial charge in [0.1, 0.15) is 0 Å². The van der Waals surface area contributed by atoms with Gasteiger partial charge in [0.15, 0.2) is 0 Å². The molecule has 0 aliphatic heterocycles. The van der Waals surface area contributed by atoms with E-state index in [1.54, 1.807) is 0 Å².